The zero-order valence-corrected chi connectivity index (χ0v) is 10.2. The summed E-state index contributed by atoms with van der Waals surface area (Å²) in [4.78, 5) is 38.7. The first kappa shape index (κ1) is 16.5. The highest BCUT2D eigenvalue weighted by Crippen LogP contribution is 2.37. The van der Waals surface area contributed by atoms with Crippen LogP contribution < -0.4 is 0 Å². The molecule has 0 aromatic heterocycles. The summed E-state index contributed by atoms with van der Waals surface area (Å²) in [7, 11) is -4.79. The highest BCUT2D eigenvalue weighted by Gasteiger charge is 2.24. The first-order chi connectivity index (χ1) is 8.28. The summed E-state index contributed by atoms with van der Waals surface area (Å²) >= 11 is 0. The second kappa shape index (κ2) is 7.78. The van der Waals surface area contributed by atoms with Crippen LogP contribution in [0.25, 0.3) is 0 Å². The van der Waals surface area contributed by atoms with Crippen molar-refractivity contribution in [3.63, 3.8) is 0 Å². The molecule has 8 nitrogen and oxygen atoms in total. The van der Waals surface area contributed by atoms with Gasteiger partial charge in [-0.15, -0.1) is 0 Å². The van der Waals surface area contributed by atoms with E-state index < -0.39 is 39.1 Å². The van der Waals surface area contributed by atoms with Gasteiger partial charge in [0.05, 0.1) is 0 Å². The van der Waals surface area contributed by atoms with Crippen LogP contribution in [-0.4, -0.2) is 41.0 Å². The zero-order chi connectivity index (χ0) is 14.2. The van der Waals surface area contributed by atoms with Gasteiger partial charge in [0.15, 0.2) is 0 Å². The molecule has 0 atom stereocenters. The van der Waals surface area contributed by atoms with Crippen molar-refractivity contribution in [3.8, 4) is 0 Å². The summed E-state index contributed by atoms with van der Waals surface area (Å²) in [6.45, 7) is 5.27. The zero-order valence-electron chi connectivity index (χ0n) is 9.35. The molecule has 18 heavy (non-hydrogen) atoms. The summed E-state index contributed by atoms with van der Waals surface area (Å²) in [6, 6.07) is 0. The quantitative estimate of drug-likeness (QED) is 0.360. The van der Waals surface area contributed by atoms with Crippen molar-refractivity contribution in [3.05, 3.63) is 25.3 Å². The fourth-order valence-electron chi connectivity index (χ4n) is 0.771. The number of hydrogen-bond donors (Lipinski definition) is 2. The van der Waals surface area contributed by atoms with Crippen LogP contribution in [0.15, 0.2) is 25.3 Å². The second-order valence-corrected chi connectivity index (χ2v) is 4.08. The van der Waals surface area contributed by atoms with E-state index in [1.54, 1.807) is 0 Å². The van der Waals surface area contributed by atoms with E-state index >= 15 is 0 Å². The van der Waals surface area contributed by atoms with Crippen molar-refractivity contribution >= 4 is 19.8 Å². The van der Waals surface area contributed by atoms with Gasteiger partial charge >= 0.3 is 19.8 Å². The molecule has 0 unspecified atom stereocenters. The average Bonchev–Trinajstić information content (AvgIpc) is 2.29. The number of carbonyl (C=O) groups is 2. The molecule has 0 amide bonds. The van der Waals surface area contributed by atoms with Crippen LogP contribution in [0.4, 0.5) is 0 Å². The summed E-state index contributed by atoms with van der Waals surface area (Å²) in [5, 5.41) is 0. The molecule has 9 heteroatoms. The van der Waals surface area contributed by atoms with Crippen molar-refractivity contribution in [1.82, 2.24) is 0 Å². The van der Waals surface area contributed by atoms with Gasteiger partial charge in [-0.25, -0.2) is 14.2 Å². The number of phosphoric acid groups is 1. The summed E-state index contributed by atoms with van der Waals surface area (Å²) in [5.41, 5.74) is 0. The molecular weight excluding hydrogens is 267 g/mol. The Labute approximate surface area is 103 Å². The van der Waals surface area contributed by atoms with Gasteiger partial charge in [-0.1, -0.05) is 13.2 Å². The third-order valence-corrected chi connectivity index (χ3v) is 2.02. The SMILES string of the molecule is C=CC(=O)OCC(COC(=O)C=C)OP(=O)(O)O. The Balaban J connectivity index is 4.37. The third kappa shape index (κ3) is 8.66. The largest absolute Gasteiger partial charge is 0.470 e. The minimum Gasteiger partial charge on any atom is -0.460 e. The third-order valence-electron chi connectivity index (χ3n) is 1.44. The maximum atomic E-state index is 10.8. The predicted octanol–water partition coefficient (Wildman–Crippen LogP) is -0.0773. The van der Waals surface area contributed by atoms with E-state index in [0.717, 1.165) is 12.2 Å². The van der Waals surface area contributed by atoms with Gasteiger partial charge in [0.25, 0.3) is 0 Å². The van der Waals surface area contributed by atoms with Gasteiger partial charge in [-0.05, 0) is 0 Å². The molecule has 0 spiro atoms. The molecular formula is C9H13O8P. The molecule has 0 radical (unpaired) electrons. The van der Waals surface area contributed by atoms with Crippen LogP contribution in [0.3, 0.4) is 0 Å². The normalized spacial score (nSPS) is 10.8. The van der Waals surface area contributed by atoms with Gasteiger partial charge in [0.1, 0.15) is 19.3 Å². The van der Waals surface area contributed by atoms with E-state index in [2.05, 4.69) is 27.2 Å². The fraction of sp³-hybridized carbons (Fsp3) is 0.333. The number of rotatable bonds is 8. The summed E-state index contributed by atoms with van der Waals surface area (Å²) < 4.78 is 23.9. The molecule has 0 aromatic carbocycles. The van der Waals surface area contributed by atoms with E-state index in [-0.39, 0.29) is 0 Å². The monoisotopic (exact) mass is 280 g/mol. The van der Waals surface area contributed by atoms with E-state index in [0.29, 0.717) is 0 Å². The van der Waals surface area contributed by atoms with Gasteiger partial charge < -0.3 is 19.3 Å². The Morgan fingerprint density at radius 2 is 1.50 bits per heavy atom. The molecule has 0 aliphatic heterocycles. The van der Waals surface area contributed by atoms with Crippen LogP contribution in [0.2, 0.25) is 0 Å². The lowest BCUT2D eigenvalue weighted by atomic mass is 10.4. The Morgan fingerprint density at radius 1 is 1.11 bits per heavy atom. The molecule has 0 fully saturated rings. The molecule has 0 bridgehead atoms. The maximum absolute atomic E-state index is 10.8. The smallest absolute Gasteiger partial charge is 0.460 e. The van der Waals surface area contributed by atoms with Crippen LogP contribution in [0, 0.1) is 0 Å². The van der Waals surface area contributed by atoms with E-state index in [4.69, 9.17) is 9.79 Å². The van der Waals surface area contributed by atoms with Crippen LogP contribution >= 0.6 is 7.82 Å². The molecule has 0 aromatic rings. The van der Waals surface area contributed by atoms with E-state index in [9.17, 15) is 14.2 Å². The second-order valence-electron chi connectivity index (χ2n) is 2.89. The van der Waals surface area contributed by atoms with Crippen molar-refractivity contribution in [2.45, 2.75) is 6.10 Å². The Hall–Kier alpha value is -1.47. The minimum atomic E-state index is -4.79. The molecule has 0 saturated heterocycles. The summed E-state index contributed by atoms with van der Waals surface area (Å²) in [5.74, 6) is -1.60. The Bertz CT molecular complexity index is 347. The van der Waals surface area contributed by atoms with Crippen molar-refractivity contribution in [2.24, 2.45) is 0 Å². The number of phosphoric ester groups is 1. The molecule has 0 rings (SSSR count). The topological polar surface area (TPSA) is 119 Å². The lowest BCUT2D eigenvalue weighted by molar-refractivity contribution is -0.145. The maximum Gasteiger partial charge on any atom is 0.470 e. The standard InChI is InChI=1S/C9H13O8P/c1-3-8(10)15-5-7(17-18(12,13)14)6-16-9(11)4-2/h3-4,7H,1-2,5-6H2,(H2,12,13,14). The predicted molar refractivity (Wildman–Crippen MR) is 59.2 cm³/mol. The first-order valence-electron chi connectivity index (χ1n) is 4.61. The lowest BCUT2D eigenvalue weighted by Crippen LogP contribution is -2.27. The molecule has 102 valence electrons. The molecule has 0 aliphatic carbocycles. The van der Waals surface area contributed by atoms with E-state index in [1.807, 2.05) is 0 Å². The highest BCUT2D eigenvalue weighted by atomic mass is 31.2. The van der Waals surface area contributed by atoms with Crippen LogP contribution in [-0.2, 0) is 28.2 Å². The molecule has 2 N–H and O–H groups in total. The average molecular weight is 280 g/mol. The van der Waals surface area contributed by atoms with Gasteiger partial charge in [0.2, 0.25) is 0 Å². The number of hydrogen-bond acceptors (Lipinski definition) is 6. The number of esters is 2. The lowest BCUT2D eigenvalue weighted by Gasteiger charge is -2.17. The van der Waals surface area contributed by atoms with E-state index in [1.165, 1.54) is 0 Å². The Kier molecular flexibility index (Phi) is 7.14. The molecule has 0 aliphatic rings. The number of ether oxygens (including phenoxy) is 2. The molecule has 0 heterocycles. The van der Waals surface area contributed by atoms with Crippen molar-refractivity contribution in [1.29, 1.82) is 0 Å². The van der Waals surface area contributed by atoms with Gasteiger partial charge in [0, 0.05) is 12.2 Å². The first-order valence-corrected chi connectivity index (χ1v) is 6.14. The van der Waals surface area contributed by atoms with Gasteiger partial charge in [-0.2, -0.15) is 0 Å². The highest BCUT2D eigenvalue weighted by molar-refractivity contribution is 7.46. The fourth-order valence-corrected chi connectivity index (χ4v) is 1.28. The van der Waals surface area contributed by atoms with Crippen LogP contribution in [0.5, 0.6) is 0 Å². The van der Waals surface area contributed by atoms with Crippen molar-refractivity contribution in [2.75, 3.05) is 13.2 Å². The van der Waals surface area contributed by atoms with Crippen LogP contribution in [0.1, 0.15) is 0 Å². The molecule has 0 saturated carbocycles. The Morgan fingerprint density at radius 3 is 1.78 bits per heavy atom. The minimum absolute atomic E-state index is 0.500. The van der Waals surface area contributed by atoms with Gasteiger partial charge in [-0.3, -0.25) is 4.52 Å². The number of carbonyl (C=O) groups excluding carboxylic acids is 2. The summed E-state index contributed by atoms with van der Waals surface area (Å²) in [6.07, 6.45) is 0.438. The van der Waals surface area contributed by atoms with Crippen molar-refractivity contribution < 1.29 is 37.9 Å².